The Labute approximate surface area is 509 Å². The van der Waals surface area contributed by atoms with Crippen molar-refractivity contribution in [2.24, 2.45) is 0 Å². The average molecular weight is 1120 g/mol. The van der Waals surface area contributed by atoms with E-state index >= 15 is 0 Å². The molecule has 0 radical (unpaired) electrons. The SMILES string of the molecule is Cc1cc(N(c2ccccc2)c2cc(C)c(-c3cccc(-c4ccccn4)n3)c(C)c2)cc(C)c1-c1cccc(-c2ccccn2)n1.N#Cc1ccccc1-c1cccc(N(c2ccccc2)c2ccccc2)c1N(c1ccccc1)c1ccccc1. The maximum Gasteiger partial charge on any atom is 0.0998 e. The van der Waals surface area contributed by atoms with Crippen molar-refractivity contribution in [2.45, 2.75) is 27.7 Å². The Balaban J connectivity index is 0.000000172. The highest BCUT2D eigenvalue weighted by atomic mass is 15.2. The first-order valence-corrected chi connectivity index (χ1v) is 29.1. The number of nitriles is 1. The van der Waals surface area contributed by atoms with Crippen LogP contribution in [-0.4, -0.2) is 19.9 Å². The molecule has 0 aliphatic heterocycles. The van der Waals surface area contributed by atoms with E-state index in [1.165, 1.54) is 0 Å². The summed E-state index contributed by atoms with van der Waals surface area (Å²) >= 11 is 0. The third kappa shape index (κ3) is 12.1. The van der Waals surface area contributed by atoms with Crippen molar-refractivity contribution < 1.29 is 0 Å². The zero-order chi connectivity index (χ0) is 59.5. The molecule has 13 rings (SSSR count). The summed E-state index contributed by atoms with van der Waals surface area (Å²) in [6, 6.07) is 102. The Morgan fingerprint density at radius 1 is 0.287 bits per heavy atom. The molecule has 0 N–H and O–H groups in total. The monoisotopic (exact) mass is 1120 g/mol. The predicted molar refractivity (Wildman–Crippen MR) is 359 cm³/mol. The number of pyridine rings is 4. The quantitative estimate of drug-likeness (QED) is 0.106. The van der Waals surface area contributed by atoms with E-state index < -0.39 is 0 Å². The lowest BCUT2D eigenvalue weighted by Gasteiger charge is -2.35. The normalized spacial score (nSPS) is 10.7. The van der Waals surface area contributed by atoms with E-state index in [-0.39, 0.29) is 0 Å². The largest absolute Gasteiger partial charge is 0.310 e. The molecule has 418 valence electrons. The first kappa shape index (κ1) is 56.0. The molecule has 4 heterocycles. The Bertz CT molecular complexity index is 4240. The molecule has 87 heavy (non-hydrogen) atoms. The zero-order valence-corrected chi connectivity index (χ0v) is 48.9. The van der Waals surface area contributed by atoms with Crippen LogP contribution in [0.25, 0.3) is 56.4 Å². The number of rotatable bonds is 14. The summed E-state index contributed by atoms with van der Waals surface area (Å²) in [6.07, 6.45) is 3.61. The third-order valence-corrected chi connectivity index (χ3v) is 15.3. The molecule has 4 aromatic heterocycles. The second-order valence-corrected chi connectivity index (χ2v) is 21.2. The lowest BCUT2D eigenvalue weighted by molar-refractivity contribution is 1.21. The van der Waals surface area contributed by atoms with Crippen LogP contribution < -0.4 is 14.7 Å². The van der Waals surface area contributed by atoms with Gasteiger partial charge in [0.05, 0.1) is 57.2 Å². The molecule has 0 unspecified atom stereocenters. The molecular formula is C79H62N8. The van der Waals surface area contributed by atoms with Crippen molar-refractivity contribution in [3.63, 3.8) is 0 Å². The van der Waals surface area contributed by atoms with Crippen LogP contribution >= 0.6 is 0 Å². The van der Waals surface area contributed by atoms with Crippen molar-refractivity contribution >= 4 is 51.2 Å². The summed E-state index contributed by atoms with van der Waals surface area (Å²) in [5.74, 6) is 0. The van der Waals surface area contributed by atoms with Crippen LogP contribution in [0.3, 0.4) is 0 Å². The van der Waals surface area contributed by atoms with Crippen LogP contribution in [0.5, 0.6) is 0 Å². The number of para-hydroxylation sites is 6. The van der Waals surface area contributed by atoms with Crippen LogP contribution in [0.15, 0.2) is 304 Å². The number of aromatic nitrogens is 4. The topological polar surface area (TPSA) is 85.1 Å². The number of hydrogen-bond acceptors (Lipinski definition) is 8. The minimum Gasteiger partial charge on any atom is -0.310 e. The highest BCUT2D eigenvalue weighted by Crippen LogP contribution is 2.51. The van der Waals surface area contributed by atoms with Gasteiger partial charge in [0, 0.05) is 74.5 Å². The fourth-order valence-electron chi connectivity index (χ4n) is 11.6. The van der Waals surface area contributed by atoms with Crippen LogP contribution in [-0.2, 0) is 0 Å². The summed E-state index contributed by atoms with van der Waals surface area (Å²) in [6.45, 7) is 8.68. The molecule has 8 nitrogen and oxygen atoms in total. The van der Waals surface area contributed by atoms with Gasteiger partial charge in [-0.15, -0.1) is 0 Å². The standard InChI is InChI=1S/C42H35N5.C37H27N3/c1-28-24-33(25-29(2)41(28)39-20-12-18-37(45-39)35-16-8-10-22-43-35)47(32-14-6-5-7-15-32)34-26-30(3)42(31(4)27-34)40-21-13-19-38(46-40)36-17-9-11-23-44-36;38-28-29-16-13-14-25-34(29)35-26-15-27-36(39(30-17-5-1-6-18-30)31-19-7-2-8-20-31)37(35)40(32-21-9-3-10-22-32)33-23-11-4-12-24-33/h5-27H,1-4H3;1-27H. The summed E-state index contributed by atoms with van der Waals surface area (Å²) in [7, 11) is 0. The molecule has 13 aromatic rings. The molecule has 0 fully saturated rings. The van der Waals surface area contributed by atoms with Crippen LogP contribution in [0, 0.1) is 39.0 Å². The summed E-state index contributed by atoms with van der Waals surface area (Å²) in [4.78, 5) is 26.0. The minimum absolute atomic E-state index is 0.632. The van der Waals surface area contributed by atoms with Gasteiger partial charge in [0.25, 0.3) is 0 Å². The molecular weight excluding hydrogens is 1060 g/mol. The van der Waals surface area contributed by atoms with Gasteiger partial charge >= 0.3 is 0 Å². The molecule has 0 spiro atoms. The molecule has 0 saturated carbocycles. The summed E-state index contributed by atoms with van der Waals surface area (Å²) < 4.78 is 0. The Kier molecular flexibility index (Phi) is 16.7. The smallest absolute Gasteiger partial charge is 0.0998 e. The number of hydrogen-bond donors (Lipinski definition) is 0. The third-order valence-electron chi connectivity index (χ3n) is 15.3. The first-order valence-electron chi connectivity index (χ1n) is 29.1. The summed E-state index contributed by atoms with van der Waals surface area (Å²) in [5.41, 5.74) is 24.2. The fraction of sp³-hybridized carbons (Fsp3) is 0.0506. The zero-order valence-electron chi connectivity index (χ0n) is 48.9. The maximum absolute atomic E-state index is 10.1. The van der Waals surface area contributed by atoms with Gasteiger partial charge in [-0.3, -0.25) is 9.97 Å². The second kappa shape index (κ2) is 25.9. The second-order valence-electron chi connectivity index (χ2n) is 21.2. The predicted octanol–water partition coefficient (Wildman–Crippen LogP) is 20.8. The van der Waals surface area contributed by atoms with Crippen LogP contribution in [0.1, 0.15) is 27.8 Å². The number of aryl methyl sites for hydroxylation is 4. The Hall–Kier alpha value is -11.5. The molecule has 0 amide bonds. The molecule has 0 aliphatic carbocycles. The van der Waals surface area contributed by atoms with E-state index in [0.717, 1.165) is 130 Å². The van der Waals surface area contributed by atoms with Gasteiger partial charge in [0.15, 0.2) is 0 Å². The lowest BCUT2D eigenvalue weighted by Crippen LogP contribution is -2.18. The van der Waals surface area contributed by atoms with Gasteiger partial charge < -0.3 is 14.7 Å². The molecule has 0 atom stereocenters. The van der Waals surface area contributed by atoms with Crippen molar-refractivity contribution in [3.05, 3.63) is 331 Å². The molecule has 0 saturated heterocycles. The Morgan fingerprint density at radius 3 is 1.02 bits per heavy atom. The molecule has 8 heteroatoms. The van der Waals surface area contributed by atoms with Gasteiger partial charge in [-0.2, -0.15) is 5.26 Å². The lowest BCUT2D eigenvalue weighted by atomic mass is 9.95. The number of anilines is 9. The van der Waals surface area contributed by atoms with Crippen molar-refractivity contribution in [1.82, 2.24) is 19.9 Å². The maximum atomic E-state index is 10.1. The van der Waals surface area contributed by atoms with E-state index in [2.05, 4.69) is 253 Å². The fourth-order valence-corrected chi connectivity index (χ4v) is 11.6. The molecule has 0 bridgehead atoms. The highest BCUT2D eigenvalue weighted by Gasteiger charge is 2.27. The van der Waals surface area contributed by atoms with E-state index in [4.69, 9.17) is 9.97 Å². The first-order chi connectivity index (χ1) is 42.8. The van der Waals surface area contributed by atoms with Gasteiger partial charge in [-0.05, 0) is 196 Å². The number of nitrogens with zero attached hydrogens (tertiary/aromatic N) is 8. The molecule has 0 aliphatic rings. The van der Waals surface area contributed by atoms with Gasteiger partial charge in [0.2, 0.25) is 0 Å². The molecule has 9 aromatic carbocycles. The van der Waals surface area contributed by atoms with E-state index in [1.54, 1.807) is 12.4 Å². The van der Waals surface area contributed by atoms with Crippen molar-refractivity contribution in [3.8, 4) is 62.5 Å². The summed E-state index contributed by atoms with van der Waals surface area (Å²) in [5, 5.41) is 10.1. The van der Waals surface area contributed by atoms with Gasteiger partial charge in [-0.1, -0.05) is 146 Å². The van der Waals surface area contributed by atoms with E-state index in [0.29, 0.717) is 5.56 Å². The van der Waals surface area contributed by atoms with E-state index in [9.17, 15) is 5.26 Å². The van der Waals surface area contributed by atoms with Gasteiger partial charge in [0.1, 0.15) is 0 Å². The van der Waals surface area contributed by atoms with Crippen molar-refractivity contribution in [2.75, 3.05) is 14.7 Å². The minimum atomic E-state index is 0.632. The highest BCUT2D eigenvalue weighted by molar-refractivity contribution is 6.00. The van der Waals surface area contributed by atoms with Crippen LogP contribution in [0.4, 0.5) is 51.2 Å². The van der Waals surface area contributed by atoms with Gasteiger partial charge in [-0.25, -0.2) is 9.97 Å². The Morgan fingerprint density at radius 2 is 0.621 bits per heavy atom. The number of benzene rings is 9. The van der Waals surface area contributed by atoms with Crippen LogP contribution in [0.2, 0.25) is 0 Å². The van der Waals surface area contributed by atoms with E-state index in [1.807, 2.05) is 97.1 Å². The average Bonchev–Trinajstić information content (AvgIpc) is 3.48. The van der Waals surface area contributed by atoms with Crippen molar-refractivity contribution in [1.29, 1.82) is 5.26 Å².